The first-order chi connectivity index (χ1) is 7.17. The summed E-state index contributed by atoms with van der Waals surface area (Å²) < 4.78 is 0. The summed E-state index contributed by atoms with van der Waals surface area (Å²) in [5.41, 5.74) is 5.52. The van der Waals surface area contributed by atoms with Crippen molar-refractivity contribution in [3.8, 4) is 0 Å². The first-order valence-electron chi connectivity index (χ1n) is 6.27. The molecule has 3 heteroatoms. The smallest absolute Gasteiger partial charge is 0.242 e. The largest absolute Gasteiger partial charge is 0.338 e. The number of rotatable bonds is 3. The van der Waals surface area contributed by atoms with Gasteiger partial charge in [0.05, 0.1) is 5.54 Å². The third kappa shape index (κ3) is 2.17. The van der Waals surface area contributed by atoms with Gasteiger partial charge < -0.3 is 10.6 Å². The number of nitrogens with zero attached hydrogens (tertiary/aromatic N) is 1. The van der Waals surface area contributed by atoms with Crippen molar-refractivity contribution in [3.05, 3.63) is 0 Å². The Morgan fingerprint density at radius 1 is 1.47 bits per heavy atom. The molecule has 2 rings (SSSR count). The summed E-state index contributed by atoms with van der Waals surface area (Å²) in [5.74, 6) is 0.223. The van der Waals surface area contributed by atoms with Gasteiger partial charge >= 0.3 is 0 Å². The maximum Gasteiger partial charge on any atom is 0.242 e. The van der Waals surface area contributed by atoms with Crippen molar-refractivity contribution < 1.29 is 4.79 Å². The highest BCUT2D eigenvalue weighted by molar-refractivity contribution is 5.89. The van der Waals surface area contributed by atoms with E-state index in [2.05, 4.69) is 11.8 Å². The van der Waals surface area contributed by atoms with E-state index in [4.69, 9.17) is 5.73 Å². The van der Waals surface area contributed by atoms with Gasteiger partial charge in [0, 0.05) is 12.6 Å². The van der Waals surface area contributed by atoms with E-state index >= 15 is 0 Å². The Kier molecular flexibility index (Phi) is 3.01. The quantitative estimate of drug-likeness (QED) is 0.770. The Hall–Kier alpha value is -0.570. The van der Waals surface area contributed by atoms with Crippen molar-refractivity contribution in [2.45, 2.75) is 63.5 Å². The number of nitrogens with two attached hydrogens (primary N) is 1. The highest BCUT2D eigenvalue weighted by Crippen LogP contribution is 2.36. The third-order valence-electron chi connectivity index (χ3n) is 3.72. The molecule has 2 N–H and O–H groups in total. The summed E-state index contributed by atoms with van der Waals surface area (Å²) in [7, 11) is 0. The molecule has 1 unspecified atom stereocenters. The predicted octanol–water partition coefficient (Wildman–Crippen LogP) is 1.66. The second-order valence-corrected chi connectivity index (χ2v) is 5.09. The number of hydrogen-bond donors (Lipinski definition) is 1. The van der Waals surface area contributed by atoms with Gasteiger partial charge in [-0.25, -0.2) is 0 Å². The third-order valence-corrected chi connectivity index (χ3v) is 3.72. The van der Waals surface area contributed by atoms with Crippen molar-refractivity contribution in [2.75, 3.05) is 6.54 Å². The summed E-state index contributed by atoms with van der Waals surface area (Å²) in [4.78, 5) is 14.2. The van der Waals surface area contributed by atoms with Crippen LogP contribution in [0.1, 0.15) is 51.9 Å². The molecule has 0 bridgehead atoms. The Labute approximate surface area is 92.0 Å². The Bertz CT molecular complexity index is 246. The van der Waals surface area contributed by atoms with E-state index in [0.29, 0.717) is 6.04 Å². The molecular formula is C12H22N2O. The van der Waals surface area contributed by atoms with Gasteiger partial charge in [-0.2, -0.15) is 0 Å². The van der Waals surface area contributed by atoms with Gasteiger partial charge in [-0.05, 0) is 38.5 Å². The Morgan fingerprint density at radius 2 is 2.20 bits per heavy atom. The van der Waals surface area contributed by atoms with Crippen molar-refractivity contribution in [2.24, 2.45) is 5.73 Å². The lowest BCUT2D eigenvalue weighted by atomic mass is 9.97. The van der Waals surface area contributed by atoms with Gasteiger partial charge in [0.25, 0.3) is 0 Å². The average Bonchev–Trinajstić information content (AvgIpc) is 2.98. The fourth-order valence-electron chi connectivity index (χ4n) is 2.54. The molecule has 86 valence electrons. The van der Waals surface area contributed by atoms with E-state index in [-0.39, 0.29) is 5.91 Å². The molecule has 1 aliphatic heterocycles. The zero-order valence-corrected chi connectivity index (χ0v) is 9.67. The van der Waals surface area contributed by atoms with Crippen LogP contribution >= 0.6 is 0 Å². The summed E-state index contributed by atoms with van der Waals surface area (Å²) in [6, 6.07) is 0.470. The normalized spacial score (nSPS) is 28.9. The molecule has 0 aromatic carbocycles. The molecule has 1 aliphatic carbocycles. The maximum absolute atomic E-state index is 12.2. The Morgan fingerprint density at radius 3 is 2.80 bits per heavy atom. The average molecular weight is 210 g/mol. The summed E-state index contributed by atoms with van der Waals surface area (Å²) >= 11 is 0. The predicted molar refractivity (Wildman–Crippen MR) is 60.4 cm³/mol. The van der Waals surface area contributed by atoms with Crippen LogP contribution in [-0.2, 0) is 4.79 Å². The standard InChI is InChI=1S/C12H22N2O/c1-2-5-10-6-3-4-9-14(10)11(15)12(13)7-8-12/h10H,2-9,13H2,1H3. The second kappa shape index (κ2) is 4.12. The lowest BCUT2D eigenvalue weighted by Crippen LogP contribution is -2.52. The molecule has 1 heterocycles. The summed E-state index contributed by atoms with van der Waals surface area (Å²) in [5, 5.41) is 0. The molecule has 0 spiro atoms. The first-order valence-corrected chi connectivity index (χ1v) is 6.27. The van der Waals surface area contributed by atoms with Gasteiger partial charge in [0.1, 0.15) is 0 Å². The van der Waals surface area contributed by atoms with E-state index in [1.165, 1.54) is 12.8 Å². The minimum atomic E-state index is -0.469. The SMILES string of the molecule is CCCC1CCCCN1C(=O)C1(N)CC1. The lowest BCUT2D eigenvalue weighted by molar-refractivity contribution is -0.137. The molecule has 3 nitrogen and oxygen atoms in total. The van der Waals surface area contributed by atoms with Gasteiger partial charge in [-0.15, -0.1) is 0 Å². The summed E-state index contributed by atoms with van der Waals surface area (Å²) in [6.07, 6.45) is 7.68. The van der Waals surface area contributed by atoms with Crippen LogP contribution in [0.3, 0.4) is 0 Å². The van der Waals surface area contributed by atoms with Gasteiger partial charge in [0.2, 0.25) is 5.91 Å². The van der Waals surface area contributed by atoms with E-state index in [1.807, 2.05) is 0 Å². The minimum Gasteiger partial charge on any atom is -0.338 e. The number of amides is 1. The van der Waals surface area contributed by atoms with Crippen LogP contribution in [0.15, 0.2) is 0 Å². The van der Waals surface area contributed by atoms with Crippen LogP contribution in [0.5, 0.6) is 0 Å². The highest BCUT2D eigenvalue weighted by atomic mass is 16.2. The zero-order valence-electron chi connectivity index (χ0n) is 9.67. The van der Waals surface area contributed by atoms with Crippen LogP contribution < -0.4 is 5.73 Å². The van der Waals surface area contributed by atoms with Gasteiger partial charge in [0.15, 0.2) is 0 Å². The van der Waals surface area contributed by atoms with Crippen LogP contribution in [0.2, 0.25) is 0 Å². The number of piperidine rings is 1. The molecular weight excluding hydrogens is 188 g/mol. The van der Waals surface area contributed by atoms with E-state index in [1.54, 1.807) is 0 Å². The van der Waals surface area contributed by atoms with Crippen LogP contribution in [0.4, 0.5) is 0 Å². The van der Waals surface area contributed by atoms with Crippen LogP contribution in [0.25, 0.3) is 0 Å². The molecule has 1 amide bonds. The molecule has 2 fully saturated rings. The molecule has 1 atom stereocenters. The molecule has 0 radical (unpaired) electrons. The van der Waals surface area contributed by atoms with Crippen molar-refractivity contribution in [1.82, 2.24) is 4.90 Å². The zero-order chi connectivity index (χ0) is 10.9. The molecule has 0 aromatic heterocycles. The second-order valence-electron chi connectivity index (χ2n) is 5.09. The van der Waals surface area contributed by atoms with Crippen molar-refractivity contribution in [1.29, 1.82) is 0 Å². The van der Waals surface area contributed by atoms with Gasteiger partial charge in [-0.3, -0.25) is 4.79 Å². The number of hydrogen-bond acceptors (Lipinski definition) is 2. The highest BCUT2D eigenvalue weighted by Gasteiger charge is 2.49. The van der Waals surface area contributed by atoms with E-state index in [9.17, 15) is 4.79 Å². The molecule has 15 heavy (non-hydrogen) atoms. The number of likely N-dealkylation sites (tertiary alicyclic amines) is 1. The first kappa shape index (κ1) is 10.9. The lowest BCUT2D eigenvalue weighted by Gasteiger charge is -2.37. The van der Waals surface area contributed by atoms with Crippen molar-refractivity contribution >= 4 is 5.91 Å². The fraction of sp³-hybridized carbons (Fsp3) is 0.917. The summed E-state index contributed by atoms with van der Waals surface area (Å²) in [6.45, 7) is 3.12. The van der Waals surface area contributed by atoms with E-state index in [0.717, 1.165) is 38.6 Å². The molecule has 1 saturated heterocycles. The van der Waals surface area contributed by atoms with E-state index < -0.39 is 5.54 Å². The van der Waals surface area contributed by atoms with Gasteiger partial charge in [-0.1, -0.05) is 13.3 Å². The Balaban J connectivity index is 2.00. The van der Waals surface area contributed by atoms with Crippen LogP contribution in [-0.4, -0.2) is 28.9 Å². The topological polar surface area (TPSA) is 46.3 Å². The fourth-order valence-corrected chi connectivity index (χ4v) is 2.54. The van der Waals surface area contributed by atoms with Crippen LogP contribution in [0, 0.1) is 0 Å². The van der Waals surface area contributed by atoms with Crippen molar-refractivity contribution in [3.63, 3.8) is 0 Å². The number of carbonyl (C=O) groups excluding carboxylic acids is 1. The monoisotopic (exact) mass is 210 g/mol. The maximum atomic E-state index is 12.2. The molecule has 2 aliphatic rings. The molecule has 1 saturated carbocycles. The molecule has 0 aromatic rings. The minimum absolute atomic E-state index is 0.223. The number of carbonyl (C=O) groups is 1.